The molecule has 2 aliphatic rings. The van der Waals surface area contributed by atoms with Crippen LogP contribution in [-0.4, -0.2) is 49.2 Å². The molecule has 1 unspecified atom stereocenters. The van der Waals surface area contributed by atoms with Crippen molar-refractivity contribution in [2.45, 2.75) is 45.6 Å². The van der Waals surface area contributed by atoms with Gasteiger partial charge in [-0.25, -0.2) is 0 Å². The number of ether oxygens (including phenoxy) is 1. The summed E-state index contributed by atoms with van der Waals surface area (Å²) in [6.07, 6.45) is 3.21. The minimum atomic E-state index is -0.0946. The van der Waals surface area contributed by atoms with Crippen LogP contribution >= 0.6 is 0 Å². The van der Waals surface area contributed by atoms with E-state index in [1.807, 2.05) is 4.90 Å². The van der Waals surface area contributed by atoms with E-state index in [2.05, 4.69) is 26.1 Å². The van der Waals surface area contributed by atoms with Crippen LogP contribution in [0, 0.1) is 5.41 Å². The molecule has 1 spiro atoms. The number of carbonyl (C=O) groups is 1. The van der Waals surface area contributed by atoms with Crippen LogP contribution in [0.25, 0.3) is 0 Å². The second-order valence-electron chi connectivity index (χ2n) is 6.89. The predicted octanol–water partition coefficient (Wildman–Crippen LogP) is 1.40. The van der Waals surface area contributed by atoms with Crippen LogP contribution in [0.5, 0.6) is 0 Å². The summed E-state index contributed by atoms with van der Waals surface area (Å²) in [6.45, 7) is 10.5. The van der Waals surface area contributed by atoms with E-state index in [4.69, 9.17) is 4.74 Å². The first-order valence-electron chi connectivity index (χ1n) is 7.03. The summed E-state index contributed by atoms with van der Waals surface area (Å²) < 4.78 is 5.91. The van der Waals surface area contributed by atoms with Crippen LogP contribution in [0.3, 0.4) is 0 Å². The molecular formula is C14H26N2O2. The fraction of sp³-hybridized carbons (Fsp3) is 0.929. The maximum absolute atomic E-state index is 12.0. The fourth-order valence-corrected chi connectivity index (χ4v) is 2.91. The smallest absolute Gasteiger partial charge is 0.248 e. The zero-order chi connectivity index (χ0) is 13.2. The molecule has 0 saturated carbocycles. The first-order valence-corrected chi connectivity index (χ1v) is 7.03. The van der Waals surface area contributed by atoms with Crippen LogP contribution in [0.4, 0.5) is 0 Å². The molecule has 2 heterocycles. The molecule has 0 aromatic heterocycles. The molecule has 2 rings (SSSR count). The zero-order valence-corrected chi connectivity index (χ0v) is 11.9. The Bertz CT molecular complexity index is 301. The Kier molecular flexibility index (Phi) is 3.97. The quantitative estimate of drug-likeness (QED) is 0.769. The third-order valence-electron chi connectivity index (χ3n) is 3.74. The molecule has 1 atom stereocenters. The maximum Gasteiger partial charge on any atom is 0.248 e. The van der Waals surface area contributed by atoms with E-state index in [0.717, 1.165) is 45.4 Å². The molecule has 0 radical (unpaired) electrons. The summed E-state index contributed by atoms with van der Waals surface area (Å²) >= 11 is 0. The van der Waals surface area contributed by atoms with E-state index >= 15 is 0 Å². The van der Waals surface area contributed by atoms with Gasteiger partial charge in [0.05, 0.1) is 5.60 Å². The lowest BCUT2D eigenvalue weighted by atomic mass is 9.90. The van der Waals surface area contributed by atoms with Gasteiger partial charge in [-0.05, 0) is 37.8 Å². The summed E-state index contributed by atoms with van der Waals surface area (Å²) in [5, 5.41) is 3.41. The van der Waals surface area contributed by atoms with Gasteiger partial charge in [-0.1, -0.05) is 20.8 Å². The fourth-order valence-electron chi connectivity index (χ4n) is 2.91. The van der Waals surface area contributed by atoms with Gasteiger partial charge in [-0.3, -0.25) is 4.79 Å². The van der Waals surface area contributed by atoms with Crippen LogP contribution in [0.1, 0.15) is 40.0 Å². The molecule has 0 aromatic carbocycles. The number of rotatable bonds is 1. The number of nitrogens with one attached hydrogen (secondary N) is 1. The van der Waals surface area contributed by atoms with E-state index < -0.39 is 0 Å². The lowest BCUT2D eigenvalue weighted by molar-refractivity contribution is -0.167. The summed E-state index contributed by atoms with van der Waals surface area (Å²) in [5.41, 5.74) is 0.0554. The van der Waals surface area contributed by atoms with Gasteiger partial charge in [0.2, 0.25) is 5.91 Å². The molecule has 104 valence electrons. The van der Waals surface area contributed by atoms with Gasteiger partial charge >= 0.3 is 0 Å². The molecular weight excluding hydrogens is 228 g/mol. The molecule has 2 aliphatic heterocycles. The van der Waals surface area contributed by atoms with E-state index in [9.17, 15) is 4.79 Å². The summed E-state index contributed by atoms with van der Waals surface area (Å²) in [7, 11) is 0. The van der Waals surface area contributed by atoms with Crippen molar-refractivity contribution in [2.24, 2.45) is 5.41 Å². The summed E-state index contributed by atoms with van der Waals surface area (Å²) in [5.74, 6) is 0.146. The third kappa shape index (κ3) is 3.45. The molecule has 2 fully saturated rings. The SMILES string of the molecule is CC(C)(C)CN1CC2(CCCNCC2)OCC1=O. The molecule has 1 amide bonds. The number of hydrogen-bond acceptors (Lipinski definition) is 3. The third-order valence-corrected chi connectivity index (χ3v) is 3.74. The van der Waals surface area contributed by atoms with Gasteiger partial charge in [0, 0.05) is 13.1 Å². The highest BCUT2D eigenvalue weighted by Gasteiger charge is 2.40. The van der Waals surface area contributed by atoms with Gasteiger partial charge < -0.3 is 15.0 Å². The highest BCUT2D eigenvalue weighted by Crippen LogP contribution is 2.30. The standard InChI is InChI=1S/C14H26N2O2/c1-13(2,3)10-16-11-14(18-9-12(16)17)5-4-7-15-8-6-14/h15H,4-11H2,1-3H3. The molecule has 0 aliphatic carbocycles. The van der Waals surface area contributed by atoms with Crippen molar-refractivity contribution in [1.29, 1.82) is 0 Å². The zero-order valence-electron chi connectivity index (χ0n) is 11.9. The van der Waals surface area contributed by atoms with E-state index in [1.165, 1.54) is 0 Å². The number of nitrogens with zero attached hydrogens (tertiary/aromatic N) is 1. The molecule has 0 bridgehead atoms. The maximum atomic E-state index is 12.0. The Hall–Kier alpha value is -0.610. The van der Waals surface area contributed by atoms with Crippen molar-refractivity contribution in [1.82, 2.24) is 10.2 Å². The lowest BCUT2D eigenvalue weighted by Gasteiger charge is -2.44. The molecule has 4 nitrogen and oxygen atoms in total. The van der Waals surface area contributed by atoms with Gasteiger partial charge in [-0.2, -0.15) is 0 Å². The molecule has 18 heavy (non-hydrogen) atoms. The molecule has 2 saturated heterocycles. The number of morpholine rings is 1. The monoisotopic (exact) mass is 254 g/mol. The van der Waals surface area contributed by atoms with Crippen molar-refractivity contribution >= 4 is 5.91 Å². The Balaban J connectivity index is 2.04. The molecule has 0 aromatic rings. The largest absolute Gasteiger partial charge is 0.363 e. The van der Waals surface area contributed by atoms with E-state index in [0.29, 0.717) is 0 Å². The van der Waals surface area contributed by atoms with E-state index in [1.54, 1.807) is 0 Å². The number of carbonyl (C=O) groups excluding carboxylic acids is 1. The highest BCUT2D eigenvalue weighted by molar-refractivity contribution is 5.78. The number of hydrogen-bond donors (Lipinski definition) is 1. The lowest BCUT2D eigenvalue weighted by Crippen LogP contribution is -2.56. The van der Waals surface area contributed by atoms with Crippen molar-refractivity contribution in [3.05, 3.63) is 0 Å². The molecule has 4 heteroatoms. The van der Waals surface area contributed by atoms with Crippen molar-refractivity contribution in [3.63, 3.8) is 0 Å². The Morgan fingerprint density at radius 2 is 2.11 bits per heavy atom. The van der Waals surface area contributed by atoms with Gasteiger partial charge in [0.15, 0.2) is 0 Å². The van der Waals surface area contributed by atoms with Crippen molar-refractivity contribution < 1.29 is 9.53 Å². The molecule has 1 N–H and O–H groups in total. The van der Waals surface area contributed by atoms with Gasteiger partial charge in [0.25, 0.3) is 0 Å². The summed E-state index contributed by atoms with van der Waals surface area (Å²) in [4.78, 5) is 14.0. The Morgan fingerprint density at radius 3 is 2.83 bits per heavy atom. The van der Waals surface area contributed by atoms with Crippen LogP contribution in [0.2, 0.25) is 0 Å². The van der Waals surface area contributed by atoms with E-state index in [-0.39, 0.29) is 23.5 Å². The Labute approximate surface area is 110 Å². The van der Waals surface area contributed by atoms with Crippen molar-refractivity contribution in [3.8, 4) is 0 Å². The second-order valence-corrected chi connectivity index (χ2v) is 6.89. The number of amides is 1. The average Bonchev–Trinajstić information content (AvgIpc) is 2.48. The van der Waals surface area contributed by atoms with Gasteiger partial charge in [-0.15, -0.1) is 0 Å². The highest BCUT2D eigenvalue weighted by atomic mass is 16.5. The van der Waals surface area contributed by atoms with Crippen LogP contribution in [-0.2, 0) is 9.53 Å². The van der Waals surface area contributed by atoms with Crippen LogP contribution < -0.4 is 5.32 Å². The Morgan fingerprint density at radius 1 is 1.33 bits per heavy atom. The first-order chi connectivity index (χ1) is 8.40. The minimum Gasteiger partial charge on any atom is -0.363 e. The second kappa shape index (κ2) is 5.17. The minimum absolute atomic E-state index is 0.0946. The first kappa shape index (κ1) is 13.8. The van der Waals surface area contributed by atoms with Crippen LogP contribution in [0.15, 0.2) is 0 Å². The normalized spacial score (nSPS) is 30.6. The summed E-state index contributed by atoms with van der Waals surface area (Å²) in [6, 6.07) is 0. The van der Waals surface area contributed by atoms with Crippen molar-refractivity contribution in [2.75, 3.05) is 32.8 Å². The topological polar surface area (TPSA) is 41.6 Å². The average molecular weight is 254 g/mol. The predicted molar refractivity (Wildman–Crippen MR) is 71.4 cm³/mol. The van der Waals surface area contributed by atoms with Gasteiger partial charge in [0.1, 0.15) is 6.61 Å².